The van der Waals surface area contributed by atoms with Gasteiger partial charge in [0, 0.05) is 31.0 Å². The molecule has 0 aliphatic carbocycles. The molecule has 1 saturated heterocycles. The fraction of sp³-hybridized carbons (Fsp3) is 0.488. The number of benzene rings is 2. The number of anilines is 6. The number of hydrogen-bond acceptors (Lipinski definition) is 14. The van der Waals surface area contributed by atoms with Gasteiger partial charge in [-0.3, -0.25) is 24.0 Å². The molecule has 0 bridgehead atoms. The third kappa shape index (κ3) is 14.4. The Morgan fingerprint density at radius 2 is 0.809 bits per heavy atom. The van der Waals surface area contributed by atoms with E-state index in [0.29, 0.717) is 0 Å². The number of hydrogen-bond donors (Lipinski definition) is 4. The van der Waals surface area contributed by atoms with Crippen molar-refractivity contribution in [2.75, 3.05) is 107 Å². The molecule has 0 radical (unpaired) electrons. The first-order valence-corrected chi connectivity index (χ1v) is 20.3. The van der Waals surface area contributed by atoms with E-state index in [9.17, 15) is 76.7 Å². The van der Waals surface area contributed by atoms with E-state index >= 15 is 0 Å². The predicted molar refractivity (Wildman–Crippen MR) is 218 cm³/mol. The summed E-state index contributed by atoms with van der Waals surface area (Å²) in [6, 6.07) is -0.786. The standard InChI is InChI=1S/C41H41F12N5O10/c42-38(43,44)22-16-23(39(45,46)47)19-26(18-22)55-30-29(33(59)34(30)60)54-3-1-2-28(37(63)58-4-6-64-8-10-66-12-14-68-15-13-67-11-9-65-7-5-58)57-32-31(35(61)36(32)62)56-27-20-24(40(48,49)50)17-25(21-27)41(51,52)53/h16-21,28,54-57H,1-15H2/t28-/m0/s1. The van der Waals surface area contributed by atoms with E-state index in [2.05, 4.69) is 21.3 Å². The number of amides is 1. The predicted octanol–water partition coefficient (Wildman–Crippen LogP) is 6.04. The summed E-state index contributed by atoms with van der Waals surface area (Å²) in [5.41, 5.74) is -16.6. The van der Waals surface area contributed by atoms with Crippen molar-refractivity contribution in [2.24, 2.45) is 0 Å². The van der Waals surface area contributed by atoms with Crippen LogP contribution in [0.15, 0.2) is 55.6 Å². The van der Waals surface area contributed by atoms with Gasteiger partial charge >= 0.3 is 24.7 Å². The Morgan fingerprint density at radius 3 is 1.18 bits per heavy atom. The second-order valence-corrected chi connectivity index (χ2v) is 14.8. The van der Waals surface area contributed by atoms with Crippen LogP contribution in [0.5, 0.6) is 0 Å². The summed E-state index contributed by atoms with van der Waals surface area (Å²) in [5, 5.41) is 9.31. The van der Waals surface area contributed by atoms with Crippen molar-refractivity contribution >= 4 is 40.0 Å². The summed E-state index contributed by atoms with van der Waals surface area (Å²) in [6.45, 7) is 0.652. The van der Waals surface area contributed by atoms with Crippen molar-refractivity contribution in [1.29, 1.82) is 0 Å². The second-order valence-electron chi connectivity index (χ2n) is 14.8. The van der Waals surface area contributed by atoms with E-state index in [-0.39, 0.29) is 135 Å². The zero-order valence-corrected chi connectivity index (χ0v) is 35.2. The zero-order valence-electron chi connectivity index (χ0n) is 35.2. The van der Waals surface area contributed by atoms with Gasteiger partial charge in [0.2, 0.25) is 5.91 Å². The van der Waals surface area contributed by atoms with Crippen LogP contribution < -0.4 is 43.0 Å². The highest BCUT2D eigenvalue weighted by Gasteiger charge is 2.39. The van der Waals surface area contributed by atoms with Gasteiger partial charge in [0.1, 0.15) is 28.8 Å². The monoisotopic (exact) mass is 991 g/mol. The maximum absolute atomic E-state index is 14.3. The van der Waals surface area contributed by atoms with Crippen molar-refractivity contribution in [3.8, 4) is 0 Å². The molecule has 1 heterocycles. The molecule has 5 rings (SSSR count). The molecule has 374 valence electrons. The van der Waals surface area contributed by atoms with Crippen LogP contribution in [0.1, 0.15) is 35.1 Å². The summed E-state index contributed by atoms with van der Waals surface area (Å²) in [4.78, 5) is 66.2. The normalized spacial score (nSPS) is 16.5. The first-order valence-electron chi connectivity index (χ1n) is 20.3. The highest BCUT2D eigenvalue weighted by Crippen LogP contribution is 2.40. The molecule has 0 aromatic heterocycles. The minimum Gasteiger partial charge on any atom is -0.380 e. The maximum Gasteiger partial charge on any atom is 0.416 e. The molecule has 4 aromatic rings. The Morgan fingerprint density at radius 1 is 0.485 bits per heavy atom. The van der Waals surface area contributed by atoms with Crippen LogP contribution in [0.25, 0.3) is 0 Å². The van der Waals surface area contributed by atoms with E-state index in [1.807, 2.05) is 0 Å². The minimum absolute atomic E-state index is 0.0737. The molecule has 27 heteroatoms. The number of carbonyl (C=O) groups is 1. The molecule has 1 fully saturated rings. The number of halogens is 12. The van der Waals surface area contributed by atoms with Gasteiger partial charge in [-0.2, -0.15) is 52.7 Å². The Hall–Kier alpha value is -5.77. The minimum atomic E-state index is -5.28. The molecule has 1 aliphatic heterocycles. The first kappa shape index (κ1) is 53.2. The van der Waals surface area contributed by atoms with Crippen LogP contribution in [-0.4, -0.2) is 103 Å². The van der Waals surface area contributed by atoms with E-state index in [0.717, 1.165) is 0 Å². The van der Waals surface area contributed by atoms with E-state index in [1.54, 1.807) is 0 Å². The van der Waals surface area contributed by atoms with Crippen LogP contribution in [0.4, 0.5) is 86.8 Å². The highest BCUT2D eigenvalue weighted by molar-refractivity contribution is 5.88. The maximum atomic E-state index is 14.3. The summed E-state index contributed by atoms with van der Waals surface area (Å²) >= 11 is 0. The van der Waals surface area contributed by atoms with Crippen molar-refractivity contribution in [1.82, 2.24) is 4.90 Å². The smallest absolute Gasteiger partial charge is 0.380 e. The quantitative estimate of drug-likeness (QED) is 0.0733. The summed E-state index contributed by atoms with van der Waals surface area (Å²) in [7, 11) is 0. The molecule has 68 heavy (non-hydrogen) atoms. The summed E-state index contributed by atoms with van der Waals surface area (Å²) in [5.74, 6) is -0.810. The van der Waals surface area contributed by atoms with Crippen LogP contribution in [-0.2, 0) is 53.2 Å². The molecule has 0 spiro atoms. The summed E-state index contributed by atoms with van der Waals surface area (Å²) in [6.07, 6.45) is -21.6. The SMILES string of the molecule is O=C([C@H](CCCNc1c(Nc2cc(C(F)(F)F)cc(C(F)(F)F)c2)c(=O)c1=O)Nc1c(Nc2cc(C(F)(F)F)cc(C(F)(F)F)c2)c(=O)c1=O)N1CCOCCOCCOCCOCCOCC1. The number of nitrogens with one attached hydrogen (secondary N) is 4. The van der Waals surface area contributed by atoms with Crippen molar-refractivity contribution in [3.63, 3.8) is 0 Å². The van der Waals surface area contributed by atoms with Gasteiger partial charge in [-0.25, -0.2) is 0 Å². The number of nitrogens with zero attached hydrogens (tertiary/aromatic N) is 1. The van der Waals surface area contributed by atoms with Crippen molar-refractivity contribution < 1.29 is 81.2 Å². The lowest BCUT2D eigenvalue weighted by atomic mass is 10.1. The van der Waals surface area contributed by atoms with Gasteiger partial charge in [-0.1, -0.05) is 0 Å². The summed E-state index contributed by atoms with van der Waals surface area (Å²) < 4.78 is 190. The molecular formula is C41H41F12N5O10. The van der Waals surface area contributed by atoms with Crippen molar-refractivity contribution in [3.05, 3.63) is 99.5 Å². The van der Waals surface area contributed by atoms with Gasteiger partial charge in [-0.15, -0.1) is 0 Å². The van der Waals surface area contributed by atoms with Crippen LogP contribution >= 0.6 is 0 Å². The molecule has 0 unspecified atom stereocenters. The average Bonchev–Trinajstić information content (AvgIpc) is 3.26. The molecule has 1 aliphatic rings. The molecule has 4 N–H and O–H groups in total. The molecule has 4 aromatic carbocycles. The molecule has 1 atom stereocenters. The Bertz CT molecular complexity index is 2410. The lowest BCUT2D eigenvalue weighted by Gasteiger charge is -2.29. The Kier molecular flexibility index (Phi) is 17.6. The number of rotatable bonds is 12. The van der Waals surface area contributed by atoms with Crippen LogP contribution in [0.3, 0.4) is 0 Å². The van der Waals surface area contributed by atoms with Crippen molar-refractivity contribution in [2.45, 2.75) is 43.6 Å². The topological polar surface area (TPSA) is 183 Å². The molecule has 0 saturated carbocycles. The van der Waals surface area contributed by atoms with Crippen LogP contribution in [0, 0.1) is 0 Å². The number of carbonyl (C=O) groups excluding carboxylic acids is 1. The van der Waals surface area contributed by atoms with Gasteiger partial charge in [0.05, 0.1) is 88.3 Å². The largest absolute Gasteiger partial charge is 0.416 e. The van der Waals surface area contributed by atoms with E-state index in [1.165, 1.54) is 4.90 Å². The zero-order chi connectivity index (χ0) is 50.0. The third-order valence-electron chi connectivity index (χ3n) is 9.93. The molecule has 1 amide bonds. The van der Waals surface area contributed by atoms with Gasteiger partial charge in [0.25, 0.3) is 21.7 Å². The fourth-order valence-corrected chi connectivity index (χ4v) is 6.51. The van der Waals surface area contributed by atoms with Gasteiger partial charge < -0.3 is 49.9 Å². The molecule has 15 nitrogen and oxygen atoms in total. The highest BCUT2D eigenvalue weighted by atomic mass is 19.4. The third-order valence-corrected chi connectivity index (χ3v) is 9.93. The lowest BCUT2D eigenvalue weighted by Crippen LogP contribution is -2.48. The van der Waals surface area contributed by atoms with E-state index < -0.39 is 115 Å². The fourth-order valence-electron chi connectivity index (χ4n) is 6.51. The van der Waals surface area contributed by atoms with Gasteiger partial charge in [0.15, 0.2) is 0 Å². The number of alkyl halides is 12. The number of ether oxygens (including phenoxy) is 5. The second kappa shape index (κ2) is 22.6. The average molecular weight is 992 g/mol. The Balaban J connectivity index is 1.39. The first-order chi connectivity index (χ1) is 31.9. The van der Waals surface area contributed by atoms with E-state index in [4.69, 9.17) is 23.7 Å². The van der Waals surface area contributed by atoms with Crippen LogP contribution in [0.2, 0.25) is 0 Å². The van der Waals surface area contributed by atoms with Gasteiger partial charge in [-0.05, 0) is 49.2 Å². The lowest BCUT2D eigenvalue weighted by molar-refractivity contribution is -0.144. The molecular weight excluding hydrogens is 950 g/mol. The Labute approximate surface area is 376 Å².